The van der Waals surface area contributed by atoms with Gasteiger partial charge in [0.1, 0.15) is 0 Å². The third kappa shape index (κ3) is 3.18. The second-order valence-electron chi connectivity index (χ2n) is 5.58. The van der Waals surface area contributed by atoms with E-state index in [1.165, 1.54) is 23.5 Å². The maximum absolute atomic E-state index is 12.7. The first-order valence-electron chi connectivity index (χ1n) is 6.97. The lowest BCUT2D eigenvalue weighted by Gasteiger charge is -2.34. The van der Waals surface area contributed by atoms with Gasteiger partial charge in [0, 0.05) is 7.05 Å². The van der Waals surface area contributed by atoms with E-state index in [-0.39, 0.29) is 16.6 Å². The number of aliphatic hydroxyl groups excluding tert-OH is 1. The summed E-state index contributed by atoms with van der Waals surface area (Å²) < 4.78 is 26.7. The average molecular weight is 333 g/mol. The summed E-state index contributed by atoms with van der Waals surface area (Å²) in [5.74, 6) is 0. The Bertz CT molecular complexity index is 610. The molecule has 7 heteroatoms. The molecule has 1 aromatic rings. The zero-order chi connectivity index (χ0) is 15.8. The Morgan fingerprint density at radius 3 is 2.52 bits per heavy atom. The lowest BCUT2D eigenvalue weighted by Crippen LogP contribution is -2.46. The molecule has 0 aromatic heterocycles. The van der Waals surface area contributed by atoms with Gasteiger partial charge >= 0.3 is 0 Å². The van der Waals surface area contributed by atoms with Crippen molar-refractivity contribution in [2.24, 2.45) is 0 Å². The summed E-state index contributed by atoms with van der Waals surface area (Å²) in [6.45, 7) is 1.72. The summed E-state index contributed by atoms with van der Waals surface area (Å²) in [6, 6.07) is 2.50. The number of aryl methyl sites for hydroxylation is 1. The van der Waals surface area contributed by atoms with Crippen LogP contribution >= 0.6 is 11.6 Å². The van der Waals surface area contributed by atoms with Crippen LogP contribution in [0.15, 0.2) is 17.0 Å². The second kappa shape index (κ2) is 6.12. The molecule has 5 nitrogen and oxygen atoms in total. The van der Waals surface area contributed by atoms with Gasteiger partial charge in [-0.15, -0.1) is 0 Å². The number of halogens is 1. The molecule has 0 radical (unpaired) electrons. The fourth-order valence-corrected chi connectivity index (χ4v) is 4.42. The number of nitrogen functional groups attached to an aromatic ring is 1. The maximum atomic E-state index is 12.7. The molecule has 2 atom stereocenters. The molecule has 0 bridgehead atoms. The molecule has 1 fully saturated rings. The zero-order valence-corrected chi connectivity index (χ0v) is 13.8. The van der Waals surface area contributed by atoms with Crippen molar-refractivity contribution in [1.29, 1.82) is 0 Å². The Morgan fingerprint density at radius 2 is 1.95 bits per heavy atom. The van der Waals surface area contributed by atoms with E-state index in [1.807, 2.05) is 0 Å². The summed E-state index contributed by atoms with van der Waals surface area (Å²) in [7, 11) is -2.19. The number of sulfonamides is 1. The highest BCUT2D eigenvalue weighted by Gasteiger charge is 2.34. The first-order chi connectivity index (χ1) is 9.75. The highest BCUT2D eigenvalue weighted by Crippen LogP contribution is 2.31. The lowest BCUT2D eigenvalue weighted by atomic mass is 9.93. The Balaban J connectivity index is 2.37. The molecule has 1 aliphatic carbocycles. The smallest absolute Gasteiger partial charge is 0.243 e. The van der Waals surface area contributed by atoms with Gasteiger partial charge in [-0.2, -0.15) is 4.31 Å². The fourth-order valence-electron chi connectivity index (χ4n) is 2.77. The molecule has 1 aromatic carbocycles. The average Bonchev–Trinajstić information content (AvgIpc) is 2.44. The monoisotopic (exact) mass is 332 g/mol. The number of hydrogen-bond donors (Lipinski definition) is 2. The van der Waals surface area contributed by atoms with E-state index >= 15 is 0 Å². The van der Waals surface area contributed by atoms with Crippen molar-refractivity contribution in [2.45, 2.75) is 49.6 Å². The number of nitrogens with two attached hydrogens (primary N) is 1. The molecule has 3 N–H and O–H groups in total. The number of likely N-dealkylation sites (N-methyl/N-ethyl adjacent to an activating group) is 1. The molecule has 21 heavy (non-hydrogen) atoms. The van der Waals surface area contributed by atoms with Gasteiger partial charge in [0.15, 0.2) is 0 Å². The zero-order valence-electron chi connectivity index (χ0n) is 12.2. The van der Waals surface area contributed by atoms with Crippen LogP contribution in [0.1, 0.15) is 31.2 Å². The van der Waals surface area contributed by atoms with Crippen LogP contribution in [0.5, 0.6) is 0 Å². The van der Waals surface area contributed by atoms with E-state index in [1.54, 1.807) is 6.92 Å². The number of aliphatic hydroxyl groups is 1. The maximum Gasteiger partial charge on any atom is 0.243 e. The summed E-state index contributed by atoms with van der Waals surface area (Å²) in [5.41, 5.74) is 6.62. The molecule has 1 aliphatic rings. The van der Waals surface area contributed by atoms with Gasteiger partial charge in [-0.3, -0.25) is 0 Å². The van der Waals surface area contributed by atoms with E-state index in [0.717, 1.165) is 12.8 Å². The normalized spacial score (nSPS) is 23.5. The van der Waals surface area contributed by atoms with Crippen molar-refractivity contribution >= 4 is 27.3 Å². The molecule has 2 rings (SSSR count). The van der Waals surface area contributed by atoms with Crippen LogP contribution in [-0.2, 0) is 10.0 Å². The largest absolute Gasteiger partial charge is 0.397 e. The molecule has 1 saturated carbocycles. The Morgan fingerprint density at radius 1 is 1.33 bits per heavy atom. The van der Waals surface area contributed by atoms with Gasteiger partial charge in [0.2, 0.25) is 10.0 Å². The van der Waals surface area contributed by atoms with Gasteiger partial charge in [0.05, 0.1) is 27.8 Å². The Kier molecular flexibility index (Phi) is 4.82. The predicted octanol–water partition coefficient (Wildman–Crippen LogP) is 2.15. The first kappa shape index (κ1) is 16.5. The van der Waals surface area contributed by atoms with Crippen LogP contribution in [0.3, 0.4) is 0 Å². The number of rotatable bonds is 3. The molecule has 0 spiro atoms. The van der Waals surface area contributed by atoms with Gasteiger partial charge in [-0.25, -0.2) is 8.42 Å². The molecular weight excluding hydrogens is 312 g/mol. The van der Waals surface area contributed by atoms with Crippen molar-refractivity contribution in [2.75, 3.05) is 12.8 Å². The van der Waals surface area contributed by atoms with Crippen LogP contribution in [0.2, 0.25) is 5.02 Å². The van der Waals surface area contributed by atoms with E-state index in [4.69, 9.17) is 17.3 Å². The minimum atomic E-state index is -3.70. The van der Waals surface area contributed by atoms with Crippen LogP contribution in [0.25, 0.3) is 0 Å². The van der Waals surface area contributed by atoms with Crippen LogP contribution in [0, 0.1) is 6.92 Å². The van der Waals surface area contributed by atoms with Crippen molar-refractivity contribution in [3.63, 3.8) is 0 Å². The SMILES string of the molecule is Cc1cc(S(=O)(=O)N(C)C2CCCCC2O)cc(N)c1Cl. The first-order valence-corrected chi connectivity index (χ1v) is 8.78. The van der Waals surface area contributed by atoms with Gasteiger partial charge in [-0.1, -0.05) is 24.4 Å². The van der Waals surface area contributed by atoms with Gasteiger partial charge < -0.3 is 10.8 Å². The number of hydrogen-bond acceptors (Lipinski definition) is 4. The number of benzene rings is 1. The predicted molar refractivity (Wildman–Crippen MR) is 83.8 cm³/mol. The van der Waals surface area contributed by atoms with Crippen LogP contribution in [-0.4, -0.2) is 37.0 Å². The van der Waals surface area contributed by atoms with Gasteiger partial charge in [0.25, 0.3) is 0 Å². The molecule has 118 valence electrons. The summed E-state index contributed by atoms with van der Waals surface area (Å²) in [5, 5.41) is 10.4. The third-order valence-electron chi connectivity index (χ3n) is 4.09. The quantitative estimate of drug-likeness (QED) is 0.831. The van der Waals surface area contributed by atoms with E-state index in [9.17, 15) is 13.5 Å². The van der Waals surface area contributed by atoms with E-state index in [2.05, 4.69) is 0 Å². The number of anilines is 1. The molecule has 2 unspecified atom stereocenters. The van der Waals surface area contributed by atoms with E-state index < -0.39 is 16.1 Å². The van der Waals surface area contributed by atoms with Crippen molar-refractivity contribution in [1.82, 2.24) is 4.31 Å². The standard InChI is InChI=1S/C14H21ClN2O3S/c1-9-7-10(8-11(16)14(9)15)21(19,20)17(2)12-5-3-4-6-13(12)18/h7-8,12-13,18H,3-6,16H2,1-2H3. The minimum Gasteiger partial charge on any atom is -0.397 e. The van der Waals surface area contributed by atoms with Crippen molar-refractivity contribution in [3.05, 3.63) is 22.7 Å². The summed E-state index contributed by atoms with van der Waals surface area (Å²) in [4.78, 5) is 0.113. The molecule has 0 amide bonds. The molecule has 0 aliphatic heterocycles. The Labute approximate surface area is 130 Å². The molecule has 0 heterocycles. The second-order valence-corrected chi connectivity index (χ2v) is 7.96. The topological polar surface area (TPSA) is 83.6 Å². The van der Waals surface area contributed by atoms with Crippen molar-refractivity contribution < 1.29 is 13.5 Å². The van der Waals surface area contributed by atoms with Crippen LogP contribution < -0.4 is 5.73 Å². The fraction of sp³-hybridized carbons (Fsp3) is 0.571. The molecular formula is C14H21ClN2O3S. The lowest BCUT2D eigenvalue weighted by molar-refractivity contribution is 0.0638. The summed E-state index contributed by atoms with van der Waals surface area (Å²) >= 11 is 5.98. The Hall–Kier alpha value is -0.820. The third-order valence-corrected chi connectivity index (χ3v) is 6.47. The van der Waals surface area contributed by atoms with Gasteiger partial charge in [-0.05, 0) is 37.5 Å². The highest BCUT2D eigenvalue weighted by molar-refractivity contribution is 7.89. The van der Waals surface area contributed by atoms with E-state index in [0.29, 0.717) is 23.4 Å². The number of nitrogens with zero attached hydrogens (tertiary/aromatic N) is 1. The molecule has 0 saturated heterocycles. The van der Waals surface area contributed by atoms with Crippen LogP contribution in [0.4, 0.5) is 5.69 Å². The summed E-state index contributed by atoms with van der Waals surface area (Å²) in [6.07, 6.45) is 2.52. The van der Waals surface area contributed by atoms with Crippen molar-refractivity contribution in [3.8, 4) is 0 Å². The minimum absolute atomic E-state index is 0.113. The highest BCUT2D eigenvalue weighted by atomic mass is 35.5.